The summed E-state index contributed by atoms with van der Waals surface area (Å²) in [4.78, 5) is 11.5. The summed E-state index contributed by atoms with van der Waals surface area (Å²) in [5.74, 6) is -0.307. The molecule has 3 nitrogen and oxygen atoms in total. The third kappa shape index (κ3) is 5.50. The highest BCUT2D eigenvalue weighted by atomic mass is 19.4. The first kappa shape index (κ1) is 16.3. The van der Waals surface area contributed by atoms with Gasteiger partial charge in [-0.25, -0.2) is 0 Å². The molecule has 1 aromatic rings. The van der Waals surface area contributed by atoms with Crippen molar-refractivity contribution in [1.29, 1.82) is 0 Å². The van der Waals surface area contributed by atoms with Crippen molar-refractivity contribution >= 4 is 11.6 Å². The lowest BCUT2D eigenvalue weighted by atomic mass is 10.1. The third-order valence-electron chi connectivity index (χ3n) is 2.77. The lowest BCUT2D eigenvalue weighted by molar-refractivity contribution is -0.137. The minimum atomic E-state index is -4.43. The van der Waals surface area contributed by atoms with E-state index in [-0.39, 0.29) is 18.1 Å². The fourth-order valence-electron chi connectivity index (χ4n) is 1.73. The first-order chi connectivity index (χ1) is 9.45. The van der Waals surface area contributed by atoms with Crippen molar-refractivity contribution in [2.45, 2.75) is 32.4 Å². The van der Waals surface area contributed by atoms with E-state index < -0.39 is 11.7 Å². The van der Waals surface area contributed by atoms with Crippen LogP contribution in [0, 0.1) is 0 Å². The first-order valence-electron chi connectivity index (χ1n) is 6.62. The van der Waals surface area contributed by atoms with Crippen molar-refractivity contribution in [2.75, 3.05) is 18.4 Å². The SMILES string of the molecule is CCCCCNC(=O)CNc1ccccc1C(F)(F)F. The van der Waals surface area contributed by atoms with E-state index in [4.69, 9.17) is 0 Å². The van der Waals surface area contributed by atoms with Gasteiger partial charge < -0.3 is 10.6 Å². The Morgan fingerprint density at radius 2 is 1.90 bits per heavy atom. The Bertz CT molecular complexity index is 433. The highest BCUT2D eigenvalue weighted by molar-refractivity contribution is 5.80. The van der Waals surface area contributed by atoms with Crippen molar-refractivity contribution in [1.82, 2.24) is 5.32 Å². The summed E-state index contributed by atoms with van der Waals surface area (Å²) in [6.07, 6.45) is -1.49. The van der Waals surface area contributed by atoms with Crippen molar-refractivity contribution in [2.24, 2.45) is 0 Å². The van der Waals surface area contributed by atoms with Crippen LogP contribution in [-0.2, 0) is 11.0 Å². The van der Waals surface area contributed by atoms with Gasteiger partial charge in [-0.2, -0.15) is 13.2 Å². The summed E-state index contributed by atoms with van der Waals surface area (Å²) in [5, 5.41) is 5.19. The normalized spacial score (nSPS) is 11.2. The number of anilines is 1. The molecule has 0 atom stereocenters. The number of halogens is 3. The monoisotopic (exact) mass is 288 g/mol. The summed E-state index contributed by atoms with van der Waals surface area (Å²) in [6.45, 7) is 2.44. The van der Waals surface area contributed by atoms with E-state index in [1.807, 2.05) is 0 Å². The van der Waals surface area contributed by atoms with Gasteiger partial charge in [0.2, 0.25) is 5.91 Å². The maximum absolute atomic E-state index is 12.7. The summed E-state index contributed by atoms with van der Waals surface area (Å²) in [6, 6.07) is 5.12. The average Bonchev–Trinajstić information content (AvgIpc) is 2.40. The minimum Gasteiger partial charge on any atom is -0.376 e. The molecule has 0 spiro atoms. The Morgan fingerprint density at radius 1 is 1.20 bits per heavy atom. The molecule has 0 aliphatic carbocycles. The van der Waals surface area contributed by atoms with Crippen LogP contribution in [0.4, 0.5) is 18.9 Å². The molecule has 0 aliphatic rings. The number of carbonyl (C=O) groups excluding carboxylic acids is 1. The zero-order valence-electron chi connectivity index (χ0n) is 11.4. The number of rotatable bonds is 7. The van der Waals surface area contributed by atoms with Gasteiger partial charge in [-0.1, -0.05) is 31.9 Å². The smallest absolute Gasteiger partial charge is 0.376 e. The highest BCUT2D eigenvalue weighted by Crippen LogP contribution is 2.34. The van der Waals surface area contributed by atoms with Crippen LogP contribution < -0.4 is 10.6 Å². The van der Waals surface area contributed by atoms with Crippen molar-refractivity contribution < 1.29 is 18.0 Å². The van der Waals surface area contributed by atoms with E-state index in [2.05, 4.69) is 17.6 Å². The van der Waals surface area contributed by atoms with Crippen molar-refractivity contribution in [3.8, 4) is 0 Å². The zero-order chi connectivity index (χ0) is 15.0. The number of benzene rings is 1. The number of carbonyl (C=O) groups is 1. The van der Waals surface area contributed by atoms with Gasteiger partial charge in [0.05, 0.1) is 12.1 Å². The zero-order valence-corrected chi connectivity index (χ0v) is 11.4. The molecule has 112 valence electrons. The van der Waals surface area contributed by atoms with Crippen LogP contribution in [0.2, 0.25) is 0 Å². The van der Waals surface area contributed by atoms with E-state index in [0.717, 1.165) is 25.3 Å². The molecule has 2 N–H and O–H groups in total. The Labute approximate surface area is 116 Å². The van der Waals surface area contributed by atoms with Crippen molar-refractivity contribution in [3.05, 3.63) is 29.8 Å². The molecule has 0 saturated carbocycles. The standard InChI is InChI=1S/C14H19F3N2O/c1-2-3-6-9-18-13(20)10-19-12-8-5-4-7-11(12)14(15,16)17/h4-5,7-8,19H,2-3,6,9-10H2,1H3,(H,18,20). The number of amides is 1. The fourth-order valence-corrected chi connectivity index (χ4v) is 1.73. The maximum atomic E-state index is 12.7. The lowest BCUT2D eigenvalue weighted by Gasteiger charge is -2.14. The molecule has 0 aromatic heterocycles. The average molecular weight is 288 g/mol. The number of nitrogens with one attached hydrogen (secondary N) is 2. The van der Waals surface area contributed by atoms with Crippen LogP contribution in [0.25, 0.3) is 0 Å². The quantitative estimate of drug-likeness (QED) is 0.755. The molecule has 0 radical (unpaired) electrons. The van der Waals surface area contributed by atoms with Crippen LogP contribution in [0.15, 0.2) is 24.3 Å². The Kier molecular flexibility index (Phi) is 6.35. The molecule has 0 bridgehead atoms. The molecular formula is C14H19F3N2O. The third-order valence-corrected chi connectivity index (χ3v) is 2.77. The van der Waals surface area contributed by atoms with Crippen LogP contribution >= 0.6 is 0 Å². The Balaban J connectivity index is 2.48. The summed E-state index contributed by atoms with van der Waals surface area (Å²) >= 11 is 0. The van der Waals surface area contributed by atoms with Crippen LogP contribution in [0.1, 0.15) is 31.7 Å². The molecule has 0 aliphatic heterocycles. The first-order valence-corrected chi connectivity index (χ1v) is 6.62. The molecule has 0 saturated heterocycles. The number of hydrogen-bond acceptors (Lipinski definition) is 2. The molecule has 1 aromatic carbocycles. The second-order valence-electron chi connectivity index (χ2n) is 4.45. The molecule has 0 heterocycles. The van der Waals surface area contributed by atoms with Gasteiger partial charge in [-0.3, -0.25) is 4.79 Å². The Morgan fingerprint density at radius 3 is 2.55 bits per heavy atom. The minimum absolute atomic E-state index is 0.0799. The van der Waals surface area contributed by atoms with E-state index >= 15 is 0 Å². The van der Waals surface area contributed by atoms with Crippen LogP contribution in [0.5, 0.6) is 0 Å². The van der Waals surface area contributed by atoms with Gasteiger partial charge in [0.15, 0.2) is 0 Å². The molecule has 1 rings (SSSR count). The number of hydrogen-bond donors (Lipinski definition) is 2. The van der Waals surface area contributed by atoms with Gasteiger partial charge in [0.1, 0.15) is 0 Å². The molecule has 6 heteroatoms. The Hall–Kier alpha value is -1.72. The second kappa shape index (κ2) is 7.77. The highest BCUT2D eigenvalue weighted by Gasteiger charge is 2.33. The number of alkyl halides is 3. The van der Waals surface area contributed by atoms with Crippen molar-refractivity contribution in [3.63, 3.8) is 0 Å². The largest absolute Gasteiger partial charge is 0.418 e. The van der Waals surface area contributed by atoms with Gasteiger partial charge in [0.25, 0.3) is 0 Å². The van der Waals surface area contributed by atoms with Gasteiger partial charge >= 0.3 is 6.18 Å². The lowest BCUT2D eigenvalue weighted by Crippen LogP contribution is -2.31. The van der Waals surface area contributed by atoms with Gasteiger partial charge in [-0.05, 0) is 18.6 Å². The summed E-state index contributed by atoms with van der Waals surface area (Å²) < 4.78 is 38.2. The predicted molar refractivity (Wildman–Crippen MR) is 72.5 cm³/mol. The molecular weight excluding hydrogens is 269 g/mol. The number of unbranched alkanes of at least 4 members (excludes halogenated alkanes) is 2. The van der Waals surface area contributed by atoms with E-state index in [1.54, 1.807) is 0 Å². The second-order valence-corrected chi connectivity index (χ2v) is 4.45. The number of para-hydroxylation sites is 1. The molecule has 0 unspecified atom stereocenters. The summed E-state index contributed by atoms with van der Waals surface area (Å²) in [5.41, 5.74) is -0.845. The van der Waals surface area contributed by atoms with Crippen LogP contribution in [-0.4, -0.2) is 19.0 Å². The van der Waals surface area contributed by atoms with Gasteiger partial charge in [-0.15, -0.1) is 0 Å². The molecule has 20 heavy (non-hydrogen) atoms. The van der Waals surface area contributed by atoms with E-state index in [0.29, 0.717) is 6.54 Å². The molecule has 0 fully saturated rings. The van der Waals surface area contributed by atoms with E-state index in [9.17, 15) is 18.0 Å². The fraction of sp³-hybridized carbons (Fsp3) is 0.500. The predicted octanol–water partition coefficient (Wildman–Crippen LogP) is 3.42. The van der Waals surface area contributed by atoms with Crippen LogP contribution in [0.3, 0.4) is 0 Å². The molecule has 1 amide bonds. The summed E-state index contributed by atoms with van der Waals surface area (Å²) in [7, 11) is 0. The topological polar surface area (TPSA) is 41.1 Å². The maximum Gasteiger partial charge on any atom is 0.418 e. The van der Waals surface area contributed by atoms with Gasteiger partial charge in [0, 0.05) is 12.2 Å². The van der Waals surface area contributed by atoms with E-state index in [1.165, 1.54) is 18.2 Å².